The number of hydrogen-bond acceptors (Lipinski definition) is 5. The summed E-state index contributed by atoms with van der Waals surface area (Å²) in [5, 5.41) is 6.15. The molecular weight excluding hydrogens is 826 g/mol. The maximum absolute atomic E-state index is 4.40. The second-order valence-corrected chi connectivity index (χ2v) is 4.96. The molecule has 0 amide bonds. The van der Waals surface area contributed by atoms with Crippen LogP contribution in [0, 0.1) is 0 Å². The molecule has 0 fully saturated rings. The van der Waals surface area contributed by atoms with E-state index in [4.69, 9.17) is 0 Å². The topological polar surface area (TPSA) is 97.6 Å². The molecule has 5 aromatic heterocycles. The van der Waals surface area contributed by atoms with Crippen LogP contribution in [0.3, 0.4) is 0 Å². The van der Waals surface area contributed by atoms with Crippen LogP contribution in [0.25, 0.3) is 39.1 Å². The van der Waals surface area contributed by atoms with Gasteiger partial charge in [0, 0.05) is 29.8 Å². The molecule has 0 aliphatic heterocycles. The molecule has 0 saturated carbocycles. The molecule has 5 heterocycles. The molecular formula is C15H8N8Rf2-2. The van der Waals surface area contributed by atoms with Crippen molar-refractivity contribution in [2.45, 2.75) is 0 Å². The molecule has 0 radical (unpaired) electrons. The zero-order chi connectivity index (χ0) is 15.2. The van der Waals surface area contributed by atoms with Gasteiger partial charge in [-0.15, -0.1) is 0 Å². The first-order valence-corrected chi connectivity index (χ1v) is 6.90. The van der Waals surface area contributed by atoms with Gasteiger partial charge in [-0.3, -0.25) is 4.98 Å². The van der Waals surface area contributed by atoms with Crippen LogP contribution in [0.15, 0.2) is 49.6 Å². The molecule has 25 heavy (non-hydrogen) atoms. The summed E-state index contributed by atoms with van der Waals surface area (Å²) in [6.07, 6.45) is 10.0. The van der Waals surface area contributed by atoms with Crippen LogP contribution in [0.1, 0.15) is 0 Å². The fraction of sp³-hybridized carbons (Fsp3) is 0. The Kier molecular flexibility index (Phi) is 2.89. The van der Waals surface area contributed by atoms with Gasteiger partial charge < -0.3 is 19.9 Å². The van der Waals surface area contributed by atoms with Gasteiger partial charge in [-0.05, 0) is 16.7 Å². The summed E-state index contributed by atoms with van der Waals surface area (Å²) < 4.78 is 1.70. The van der Waals surface area contributed by atoms with Gasteiger partial charge in [0.15, 0.2) is 5.82 Å². The predicted molar refractivity (Wildman–Crippen MR) is 81.8 cm³/mol. The number of aromatic nitrogens is 8. The molecule has 10 heteroatoms. The first-order valence-electron chi connectivity index (χ1n) is 6.90. The Morgan fingerprint density at radius 2 is 1.48 bits per heavy atom. The van der Waals surface area contributed by atoms with E-state index in [1.54, 1.807) is 23.3 Å². The first-order chi connectivity index (χ1) is 11.4. The Hall–Kier alpha value is -5.55. The third-order valence-electron chi connectivity index (χ3n) is 3.65. The fourth-order valence-corrected chi connectivity index (χ4v) is 2.61. The van der Waals surface area contributed by atoms with E-state index < -0.39 is 0 Å². The van der Waals surface area contributed by atoms with Gasteiger partial charge in [0.25, 0.3) is 0 Å². The minimum absolute atomic E-state index is 0. The average molecular weight is 834 g/mol. The molecule has 0 aromatic carbocycles. The van der Waals surface area contributed by atoms with Gasteiger partial charge in [0.2, 0.25) is 0 Å². The zero-order valence-electron chi connectivity index (χ0n) is 13.1. The first kappa shape index (κ1) is 14.4. The molecule has 0 unspecified atom stereocenters. The minimum Gasteiger partial charge on any atom is -0.442 e. The molecule has 0 atom stereocenters. The molecule has 0 aliphatic carbocycles. The van der Waals surface area contributed by atoms with Gasteiger partial charge in [-0.2, -0.15) is 5.10 Å². The van der Waals surface area contributed by atoms with E-state index in [0.29, 0.717) is 17.1 Å². The molecule has 5 aromatic rings. The predicted octanol–water partition coefficient (Wildman–Crippen LogP) is 1.34. The second-order valence-electron chi connectivity index (χ2n) is 4.96. The maximum Gasteiger partial charge on any atom is 0.160 e. The summed E-state index contributed by atoms with van der Waals surface area (Å²) in [7, 11) is 0. The number of nitrogens with zero attached hydrogens (tertiary/aromatic N) is 8. The van der Waals surface area contributed by atoms with Crippen molar-refractivity contribution in [1.82, 2.24) is 39.7 Å². The van der Waals surface area contributed by atoms with E-state index >= 15 is 0 Å². The van der Waals surface area contributed by atoms with Crippen LogP contribution in [0.4, 0.5) is 0 Å². The van der Waals surface area contributed by atoms with Crippen molar-refractivity contribution in [2.75, 3.05) is 0 Å². The van der Waals surface area contributed by atoms with E-state index in [1.165, 1.54) is 12.7 Å². The molecule has 0 N–H and O–H groups in total. The number of fused-ring (bicyclic) bond motifs is 2. The van der Waals surface area contributed by atoms with Crippen molar-refractivity contribution in [1.29, 1.82) is 0 Å². The Bertz CT molecular complexity index is 1050. The van der Waals surface area contributed by atoms with E-state index in [1.807, 2.05) is 18.3 Å². The minimum atomic E-state index is 0. The maximum atomic E-state index is 4.40. The van der Waals surface area contributed by atoms with Crippen molar-refractivity contribution in [3.63, 3.8) is 0 Å². The quantitative estimate of drug-likeness (QED) is 0.265. The van der Waals surface area contributed by atoms with E-state index in [0.717, 1.165) is 22.0 Å². The Morgan fingerprint density at radius 1 is 0.800 bits per heavy atom. The summed E-state index contributed by atoms with van der Waals surface area (Å²) in [5.74, 6) is 0.685. The largest absolute Gasteiger partial charge is 0.442 e. The molecule has 0 spiro atoms. The molecule has 0 saturated heterocycles. The zero-order valence-corrected chi connectivity index (χ0v) is 25.9. The van der Waals surface area contributed by atoms with Crippen LogP contribution < -0.4 is 9.97 Å². The van der Waals surface area contributed by atoms with Crippen LogP contribution in [-0.4, -0.2) is 29.7 Å². The number of rotatable bonds is 2. The van der Waals surface area contributed by atoms with Gasteiger partial charge in [-0.1, -0.05) is 24.5 Å². The van der Waals surface area contributed by atoms with E-state index in [9.17, 15) is 0 Å². The van der Waals surface area contributed by atoms with Crippen LogP contribution in [0.5, 0.6) is 0 Å². The van der Waals surface area contributed by atoms with Crippen molar-refractivity contribution >= 4 is 22.1 Å². The molecule has 8 nitrogen and oxygen atoms in total. The fourth-order valence-electron chi connectivity index (χ4n) is 2.61. The standard InChI is InChI=1S/C15H8N8.2Rf/c1-3-16-13-10(1)12(18-7-19-13)9-5-22-23(6-9)15-11-2-4-17-14(11)20-8-21-15;;/h1-8H;;/q-2;;. The Balaban J connectivity index is 0.000000911. The number of hydrogen-bond donors (Lipinski definition) is 0. The summed E-state index contributed by atoms with van der Waals surface area (Å²) in [6, 6.07) is 3.77. The Morgan fingerprint density at radius 3 is 2.28 bits per heavy atom. The molecule has 0 aliphatic rings. The van der Waals surface area contributed by atoms with Crippen molar-refractivity contribution in [3.8, 4) is 17.1 Å². The van der Waals surface area contributed by atoms with Crippen molar-refractivity contribution in [2.24, 2.45) is 0 Å². The van der Waals surface area contributed by atoms with E-state index in [-0.39, 0.29) is 0 Å². The van der Waals surface area contributed by atoms with E-state index in [2.05, 4.69) is 35.0 Å². The Labute approximate surface area is 129 Å². The van der Waals surface area contributed by atoms with Gasteiger partial charge in [0.1, 0.15) is 0 Å². The third kappa shape index (κ3) is 1.89. The molecule has 0 bridgehead atoms. The van der Waals surface area contributed by atoms with Crippen LogP contribution >= 0.6 is 0 Å². The summed E-state index contributed by atoms with van der Waals surface area (Å²) >= 11 is 0. The van der Waals surface area contributed by atoms with Crippen LogP contribution in [-0.2, 0) is 0 Å². The molecule has 114 valence electrons. The average Bonchev–Trinajstić information content (AvgIpc) is 3.32. The third-order valence-corrected chi connectivity index (χ3v) is 3.65. The summed E-state index contributed by atoms with van der Waals surface area (Å²) in [5.41, 5.74) is 2.99. The SMILES string of the molecule is [Rf].[Rf].c1nc(-c2cnn(-c3ncnc4[n-]ccc34)c2)c2cc[n-]c2n1. The smallest absolute Gasteiger partial charge is 0.160 e. The van der Waals surface area contributed by atoms with Gasteiger partial charge >= 0.3 is 0 Å². The monoisotopic (exact) mass is 834 g/mol. The van der Waals surface area contributed by atoms with Crippen LogP contribution in [0.2, 0.25) is 0 Å². The second kappa shape index (κ2) is 5.02. The molecule has 5 rings (SSSR count). The summed E-state index contributed by atoms with van der Waals surface area (Å²) in [4.78, 5) is 25.3. The summed E-state index contributed by atoms with van der Waals surface area (Å²) in [6.45, 7) is 0. The van der Waals surface area contributed by atoms with Crippen molar-refractivity contribution in [3.05, 3.63) is 49.6 Å². The van der Waals surface area contributed by atoms with Gasteiger partial charge in [-0.25, -0.2) is 9.67 Å². The van der Waals surface area contributed by atoms with Crippen molar-refractivity contribution < 1.29 is 0 Å². The normalized spacial score (nSPS) is 10.6. The van der Waals surface area contributed by atoms with Gasteiger partial charge in [0.05, 0.1) is 11.9 Å².